The number of aryl methyl sites for hydroxylation is 2. The molecule has 108 valence electrons. The Bertz CT molecular complexity index is 542. The molecule has 3 nitrogen and oxygen atoms in total. The summed E-state index contributed by atoms with van der Waals surface area (Å²) in [5.74, 6) is 0. The maximum Gasteiger partial charge on any atom is 0.0748 e. The van der Waals surface area contributed by atoms with Crippen LogP contribution in [0.3, 0.4) is 0 Å². The van der Waals surface area contributed by atoms with Crippen LogP contribution in [-0.2, 0) is 6.54 Å². The molecule has 0 spiro atoms. The standard InChI is InChI=1S/C16H22ClN3/c1-4-7-18-16(15-6-8-19-20(15)5-2)13-9-12(3)10-14(17)11-13/h6,8-11,16,18H,4-5,7H2,1-3H3. The van der Waals surface area contributed by atoms with Gasteiger partial charge in [-0.15, -0.1) is 0 Å². The van der Waals surface area contributed by atoms with E-state index in [1.165, 1.54) is 16.8 Å². The zero-order valence-corrected chi connectivity index (χ0v) is 13.1. The molecule has 0 aliphatic heterocycles. The van der Waals surface area contributed by atoms with Gasteiger partial charge >= 0.3 is 0 Å². The molecule has 0 aliphatic rings. The van der Waals surface area contributed by atoms with Gasteiger partial charge in [-0.2, -0.15) is 5.10 Å². The first kappa shape index (κ1) is 15.1. The summed E-state index contributed by atoms with van der Waals surface area (Å²) >= 11 is 6.21. The minimum absolute atomic E-state index is 0.134. The smallest absolute Gasteiger partial charge is 0.0748 e. The van der Waals surface area contributed by atoms with E-state index in [4.69, 9.17) is 11.6 Å². The first-order chi connectivity index (χ1) is 9.65. The summed E-state index contributed by atoms with van der Waals surface area (Å²) in [6, 6.07) is 8.42. The maximum atomic E-state index is 6.21. The van der Waals surface area contributed by atoms with E-state index in [0.29, 0.717) is 0 Å². The van der Waals surface area contributed by atoms with Crippen molar-refractivity contribution in [3.8, 4) is 0 Å². The molecule has 0 bridgehead atoms. The van der Waals surface area contributed by atoms with Crippen molar-refractivity contribution in [3.05, 3.63) is 52.3 Å². The zero-order valence-electron chi connectivity index (χ0n) is 12.4. The van der Waals surface area contributed by atoms with Gasteiger partial charge in [0.1, 0.15) is 0 Å². The van der Waals surface area contributed by atoms with Crippen molar-refractivity contribution in [2.75, 3.05) is 6.54 Å². The predicted octanol–water partition coefficient (Wildman–Crippen LogP) is 3.95. The summed E-state index contributed by atoms with van der Waals surface area (Å²) in [7, 11) is 0. The molecule has 1 atom stereocenters. The van der Waals surface area contributed by atoms with Crippen molar-refractivity contribution in [1.29, 1.82) is 0 Å². The molecule has 0 fully saturated rings. The molecule has 1 aromatic carbocycles. The predicted molar refractivity (Wildman–Crippen MR) is 84.2 cm³/mol. The molecule has 20 heavy (non-hydrogen) atoms. The number of hydrogen-bond donors (Lipinski definition) is 1. The van der Waals surface area contributed by atoms with Crippen molar-refractivity contribution < 1.29 is 0 Å². The summed E-state index contributed by atoms with van der Waals surface area (Å²) in [5, 5.41) is 8.76. The van der Waals surface area contributed by atoms with Crippen LogP contribution >= 0.6 is 11.6 Å². The highest BCUT2D eigenvalue weighted by Crippen LogP contribution is 2.26. The molecule has 1 N–H and O–H groups in total. The topological polar surface area (TPSA) is 29.9 Å². The van der Waals surface area contributed by atoms with E-state index >= 15 is 0 Å². The molecule has 2 rings (SSSR count). The van der Waals surface area contributed by atoms with Crippen LogP contribution in [0.4, 0.5) is 0 Å². The molecule has 4 heteroatoms. The largest absolute Gasteiger partial charge is 0.305 e. The average molecular weight is 292 g/mol. The van der Waals surface area contributed by atoms with Gasteiger partial charge in [-0.05, 0) is 56.1 Å². The molecule has 1 heterocycles. The number of nitrogens with one attached hydrogen (secondary N) is 1. The molecule has 1 aromatic heterocycles. The summed E-state index contributed by atoms with van der Waals surface area (Å²) in [4.78, 5) is 0. The second kappa shape index (κ2) is 6.91. The van der Waals surface area contributed by atoms with Crippen LogP contribution in [0.15, 0.2) is 30.5 Å². The molecule has 1 unspecified atom stereocenters. The Kier molecular flexibility index (Phi) is 5.21. The maximum absolute atomic E-state index is 6.21. The average Bonchev–Trinajstić information content (AvgIpc) is 2.86. The monoisotopic (exact) mass is 291 g/mol. The van der Waals surface area contributed by atoms with E-state index in [1.807, 2.05) is 23.0 Å². The van der Waals surface area contributed by atoms with Crippen molar-refractivity contribution in [2.45, 2.75) is 39.8 Å². The molecule has 2 aromatic rings. The van der Waals surface area contributed by atoms with E-state index in [2.05, 4.69) is 43.3 Å². The number of hydrogen-bond acceptors (Lipinski definition) is 2. The fourth-order valence-electron chi connectivity index (χ4n) is 2.47. The molecule has 0 amide bonds. The number of nitrogens with zero attached hydrogens (tertiary/aromatic N) is 2. The van der Waals surface area contributed by atoms with Gasteiger partial charge in [0, 0.05) is 17.8 Å². The van der Waals surface area contributed by atoms with Crippen LogP contribution in [-0.4, -0.2) is 16.3 Å². The minimum Gasteiger partial charge on any atom is -0.305 e. The Morgan fingerprint density at radius 2 is 2.10 bits per heavy atom. The fourth-order valence-corrected chi connectivity index (χ4v) is 2.76. The van der Waals surface area contributed by atoms with E-state index in [1.54, 1.807) is 0 Å². The third kappa shape index (κ3) is 3.41. The van der Waals surface area contributed by atoms with Crippen molar-refractivity contribution in [1.82, 2.24) is 15.1 Å². The van der Waals surface area contributed by atoms with Crippen LogP contribution in [0.5, 0.6) is 0 Å². The normalized spacial score (nSPS) is 12.6. The molecule has 0 radical (unpaired) electrons. The zero-order chi connectivity index (χ0) is 14.5. The van der Waals surface area contributed by atoms with Gasteiger partial charge in [0.15, 0.2) is 0 Å². The number of rotatable bonds is 6. The Balaban J connectivity index is 2.41. The van der Waals surface area contributed by atoms with Gasteiger partial charge in [-0.1, -0.05) is 24.6 Å². The number of benzene rings is 1. The van der Waals surface area contributed by atoms with Gasteiger partial charge in [0.05, 0.1) is 11.7 Å². The van der Waals surface area contributed by atoms with E-state index < -0.39 is 0 Å². The third-order valence-electron chi connectivity index (χ3n) is 3.34. The Hall–Kier alpha value is -1.32. The Morgan fingerprint density at radius 3 is 2.75 bits per heavy atom. The Morgan fingerprint density at radius 1 is 1.30 bits per heavy atom. The van der Waals surface area contributed by atoms with Gasteiger partial charge in [-0.25, -0.2) is 0 Å². The van der Waals surface area contributed by atoms with Crippen molar-refractivity contribution in [3.63, 3.8) is 0 Å². The Labute approximate surface area is 126 Å². The lowest BCUT2D eigenvalue weighted by Crippen LogP contribution is -2.25. The highest BCUT2D eigenvalue weighted by molar-refractivity contribution is 6.30. The van der Waals surface area contributed by atoms with Gasteiger partial charge in [0.2, 0.25) is 0 Å². The molecular weight excluding hydrogens is 270 g/mol. The van der Waals surface area contributed by atoms with E-state index in [-0.39, 0.29) is 6.04 Å². The highest BCUT2D eigenvalue weighted by atomic mass is 35.5. The minimum atomic E-state index is 0.134. The molecular formula is C16H22ClN3. The summed E-state index contributed by atoms with van der Waals surface area (Å²) < 4.78 is 2.03. The van der Waals surface area contributed by atoms with E-state index in [0.717, 1.165) is 24.5 Å². The highest BCUT2D eigenvalue weighted by Gasteiger charge is 2.18. The first-order valence-corrected chi connectivity index (χ1v) is 7.55. The number of halogens is 1. The second-order valence-corrected chi connectivity index (χ2v) is 5.46. The second-order valence-electron chi connectivity index (χ2n) is 5.02. The molecule has 0 aliphatic carbocycles. The lowest BCUT2D eigenvalue weighted by molar-refractivity contribution is 0.529. The fraction of sp³-hybridized carbons (Fsp3) is 0.438. The lowest BCUT2D eigenvalue weighted by Gasteiger charge is -2.21. The SMILES string of the molecule is CCCNC(c1cc(C)cc(Cl)c1)c1ccnn1CC. The third-order valence-corrected chi connectivity index (χ3v) is 3.56. The van der Waals surface area contributed by atoms with Crippen molar-refractivity contribution in [2.24, 2.45) is 0 Å². The summed E-state index contributed by atoms with van der Waals surface area (Å²) in [6.07, 6.45) is 2.95. The first-order valence-electron chi connectivity index (χ1n) is 7.17. The van der Waals surface area contributed by atoms with Gasteiger partial charge in [-0.3, -0.25) is 4.68 Å². The van der Waals surface area contributed by atoms with Crippen LogP contribution in [0, 0.1) is 6.92 Å². The molecule has 0 saturated carbocycles. The van der Waals surface area contributed by atoms with Crippen LogP contribution < -0.4 is 5.32 Å². The number of aromatic nitrogens is 2. The van der Waals surface area contributed by atoms with Gasteiger partial charge < -0.3 is 5.32 Å². The van der Waals surface area contributed by atoms with Crippen LogP contribution in [0.2, 0.25) is 5.02 Å². The summed E-state index contributed by atoms with van der Waals surface area (Å²) in [5.41, 5.74) is 3.56. The van der Waals surface area contributed by atoms with Gasteiger partial charge in [0.25, 0.3) is 0 Å². The van der Waals surface area contributed by atoms with Crippen LogP contribution in [0.25, 0.3) is 0 Å². The summed E-state index contributed by atoms with van der Waals surface area (Å²) in [6.45, 7) is 8.18. The molecule has 0 saturated heterocycles. The lowest BCUT2D eigenvalue weighted by atomic mass is 10.0. The van der Waals surface area contributed by atoms with E-state index in [9.17, 15) is 0 Å². The quantitative estimate of drug-likeness (QED) is 0.873. The van der Waals surface area contributed by atoms with Crippen molar-refractivity contribution >= 4 is 11.6 Å². The van der Waals surface area contributed by atoms with Crippen LogP contribution in [0.1, 0.15) is 43.1 Å².